The maximum atomic E-state index is 6.12. The van der Waals surface area contributed by atoms with Crippen LogP contribution in [-0.4, -0.2) is 16.0 Å². The fourth-order valence-electron chi connectivity index (χ4n) is 1.53. The smallest absolute Gasteiger partial charge is 0.219 e. The summed E-state index contributed by atoms with van der Waals surface area (Å²) in [6, 6.07) is 3.86. The highest BCUT2D eigenvalue weighted by atomic mass is 35.5. The highest BCUT2D eigenvalue weighted by molar-refractivity contribution is 6.31. The largest absolute Gasteiger partial charge is 0.437 e. The van der Waals surface area contributed by atoms with Crippen molar-refractivity contribution in [3.8, 4) is 11.6 Å². The number of nitrogens with one attached hydrogen (secondary N) is 1. The predicted molar refractivity (Wildman–Crippen MR) is 80.5 cm³/mol. The summed E-state index contributed by atoms with van der Waals surface area (Å²) >= 11 is 12.0. The Balaban J connectivity index is 2.14. The number of hydrogen-bond donors (Lipinski definition) is 1. The molecule has 4 nitrogen and oxygen atoms in total. The average molecular weight is 312 g/mol. The Hall–Kier alpha value is -1.36. The van der Waals surface area contributed by atoms with Crippen molar-refractivity contribution in [2.45, 2.75) is 26.4 Å². The quantitative estimate of drug-likeness (QED) is 0.904. The first-order valence-corrected chi connectivity index (χ1v) is 6.96. The van der Waals surface area contributed by atoms with Gasteiger partial charge in [-0.05, 0) is 5.56 Å². The fourth-order valence-corrected chi connectivity index (χ4v) is 1.87. The molecule has 2 rings (SSSR count). The van der Waals surface area contributed by atoms with Crippen LogP contribution in [0.2, 0.25) is 10.0 Å². The zero-order valence-corrected chi connectivity index (χ0v) is 12.7. The molecular formula is C14H15Cl2N3O. The van der Waals surface area contributed by atoms with E-state index >= 15 is 0 Å². The molecule has 0 saturated carbocycles. The summed E-state index contributed by atoms with van der Waals surface area (Å²) in [5.74, 6) is 0.995. The number of ether oxygens (including phenoxy) is 1. The Labute approximate surface area is 128 Å². The van der Waals surface area contributed by atoms with Crippen molar-refractivity contribution in [3.05, 3.63) is 46.3 Å². The van der Waals surface area contributed by atoms with Crippen LogP contribution < -0.4 is 10.1 Å². The second-order valence-corrected chi connectivity index (χ2v) is 5.43. The van der Waals surface area contributed by atoms with Gasteiger partial charge in [0.25, 0.3) is 0 Å². The Morgan fingerprint density at radius 1 is 1.20 bits per heavy atom. The monoisotopic (exact) mass is 311 g/mol. The van der Waals surface area contributed by atoms with E-state index in [0.717, 1.165) is 5.56 Å². The highest BCUT2D eigenvalue weighted by Crippen LogP contribution is 2.25. The van der Waals surface area contributed by atoms with E-state index < -0.39 is 0 Å². The normalized spacial score (nSPS) is 10.8. The molecule has 6 heteroatoms. The molecule has 0 aliphatic rings. The number of hydrogen-bond acceptors (Lipinski definition) is 4. The minimum Gasteiger partial charge on any atom is -0.437 e. The third-order valence-corrected chi connectivity index (χ3v) is 3.06. The molecule has 0 atom stereocenters. The van der Waals surface area contributed by atoms with Gasteiger partial charge in [-0.15, -0.1) is 0 Å². The first-order valence-electron chi connectivity index (χ1n) is 6.21. The van der Waals surface area contributed by atoms with Gasteiger partial charge in [0.2, 0.25) is 5.88 Å². The summed E-state index contributed by atoms with van der Waals surface area (Å²) in [5, 5.41) is 4.42. The lowest BCUT2D eigenvalue weighted by Gasteiger charge is -2.11. The first kappa shape index (κ1) is 15.0. The van der Waals surface area contributed by atoms with E-state index in [2.05, 4.69) is 29.1 Å². The van der Waals surface area contributed by atoms with Crippen molar-refractivity contribution in [2.75, 3.05) is 0 Å². The van der Waals surface area contributed by atoms with Crippen molar-refractivity contribution < 1.29 is 4.74 Å². The van der Waals surface area contributed by atoms with Crippen LogP contribution in [-0.2, 0) is 6.54 Å². The minimum absolute atomic E-state index is 0.376. The molecule has 106 valence electrons. The lowest BCUT2D eigenvalue weighted by atomic mass is 10.2. The molecule has 0 unspecified atom stereocenters. The summed E-state index contributed by atoms with van der Waals surface area (Å²) in [4.78, 5) is 8.09. The van der Waals surface area contributed by atoms with E-state index in [1.54, 1.807) is 30.7 Å². The van der Waals surface area contributed by atoms with Gasteiger partial charge in [0.1, 0.15) is 5.75 Å². The molecule has 0 spiro atoms. The van der Waals surface area contributed by atoms with Crippen LogP contribution in [0.15, 0.2) is 30.7 Å². The summed E-state index contributed by atoms with van der Waals surface area (Å²) in [6.45, 7) is 4.80. The predicted octanol–water partition coefficient (Wildman–Crippen LogP) is 4.07. The topological polar surface area (TPSA) is 47.0 Å². The summed E-state index contributed by atoms with van der Waals surface area (Å²) in [6.07, 6.45) is 4.70. The molecule has 0 saturated heterocycles. The molecular weight excluding hydrogens is 297 g/mol. The molecule has 0 radical (unpaired) electrons. The lowest BCUT2D eigenvalue weighted by molar-refractivity contribution is 0.459. The van der Waals surface area contributed by atoms with Crippen LogP contribution in [0.4, 0.5) is 0 Å². The molecule has 2 aromatic heterocycles. The van der Waals surface area contributed by atoms with Gasteiger partial charge in [0.05, 0.1) is 16.2 Å². The van der Waals surface area contributed by atoms with E-state index in [1.807, 2.05) is 0 Å². The standard InChI is InChI=1S/C14H15Cl2N3O/c1-9(2)18-5-10-3-14(19-8-13(10)16)20-12-4-11(15)6-17-7-12/h3-4,6-9,18H,5H2,1-2H3. The highest BCUT2D eigenvalue weighted by Gasteiger charge is 2.06. The zero-order valence-electron chi connectivity index (χ0n) is 11.2. The summed E-state index contributed by atoms with van der Waals surface area (Å²) in [7, 11) is 0. The van der Waals surface area contributed by atoms with E-state index in [0.29, 0.717) is 34.3 Å². The minimum atomic E-state index is 0.376. The van der Waals surface area contributed by atoms with Gasteiger partial charge in [-0.1, -0.05) is 37.0 Å². The molecule has 2 aromatic rings. The Morgan fingerprint density at radius 3 is 2.70 bits per heavy atom. The summed E-state index contributed by atoms with van der Waals surface area (Å²) in [5.41, 5.74) is 0.931. The number of nitrogens with zero attached hydrogens (tertiary/aromatic N) is 2. The molecule has 0 aromatic carbocycles. The second-order valence-electron chi connectivity index (χ2n) is 4.59. The van der Waals surface area contributed by atoms with E-state index in [-0.39, 0.29) is 0 Å². The Morgan fingerprint density at radius 2 is 2.00 bits per heavy atom. The van der Waals surface area contributed by atoms with Crippen molar-refractivity contribution in [1.29, 1.82) is 0 Å². The molecule has 0 amide bonds. The number of aromatic nitrogens is 2. The van der Waals surface area contributed by atoms with Crippen molar-refractivity contribution >= 4 is 23.2 Å². The van der Waals surface area contributed by atoms with Crippen LogP contribution in [0, 0.1) is 0 Å². The fraction of sp³-hybridized carbons (Fsp3) is 0.286. The molecule has 0 aliphatic carbocycles. The molecule has 0 fully saturated rings. The van der Waals surface area contributed by atoms with Gasteiger partial charge in [0.15, 0.2) is 0 Å². The summed E-state index contributed by atoms with van der Waals surface area (Å²) < 4.78 is 5.62. The average Bonchev–Trinajstić information content (AvgIpc) is 2.39. The molecule has 2 heterocycles. The Kier molecular flexibility index (Phi) is 5.17. The van der Waals surface area contributed by atoms with Gasteiger partial charge >= 0.3 is 0 Å². The molecule has 20 heavy (non-hydrogen) atoms. The maximum absolute atomic E-state index is 6.12. The lowest BCUT2D eigenvalue weighted by Crippen LogP contribution is -2.22. The van der Waals surface area contributed by atoms with Gasteiger partial charge in [-0.2, -0.15) is 0 Å². The van der Waals surface area contributed by atoms with Gasteiger partial charge in [0, 0.05) is 37.1 Å². The van der Waals surface area contributed by atoms with E-state index in [1.165, 1.54) is 0 Å². The maximum Gasteiger partial charge on any atom is 0.219 e. The van der Waals surface area contributed by atoms with Gasteiger partial charge in [-0.3, -0.25) is 4.98 Å². The third-order valence-electron chi connectivity index (χ3n) is 2.51. The van der Waals surface area contributed by atoms with Gasteiger partial charge in [-0.25, -0.2) is 4.98 Å². The number of pyridine rings is 2. The van der Waals surface area contributed by atoms with E-state index in [4.69, 9.17) is 27.9 Å². The first-order chi connectivity index (χ1) is 9.54. The zero-order chi connectivity index (χ0) is 14.5. The van der Waals surface area contributed by atoms with Gasteiger partial charge < -0.3 is 10.1 Å². The van der Waals surface area contributed by atoms with Crippen LogP contribution in [0.25, 0.3) is 0 Å². The molecule has 0 aliphatic heterocycles. The van der Waals surface area contributed by atoms with Crippen LogP contribution in [0.5, 0.6) is 11.6 Å². The van der Waals surface area contributed by atoms with Crippen molar-refractivity contribution in [3.63, 3.8) is 0 Å². The second kappa shape index (κ2) is 6.88. The molecule has 0 bridgehead atoms. The molecule has 1 N–H and O–H groups in total. The third kappa shape index (κ3) is 4.34. The Bertz CT molecular complexity index is 590. The van der Waals surface area contributed by atoms with Crippen LogP contribution in [0.1, 0.15) is 19.4 Å². The number of halogens is 2. The SMILES string of the molecule is CC(C)NCc1cc(Oc2cncc(Cl)c2)ncc1Cl. The van der Waals surface area contributed by atoms with Crippen molar-refractivity contribution in [2.24, 2.45) is 0 Å². The van der Waals surface area contributed by atoms with E-state index in [9.17, 15) is 0 Å². The van der Waals surface area contributed by atoms with Crippen molar-refractivity contribution in [1.82, 2.24) is 15.3 Å². The van der Waals surface area contributed by atoms with Crippen LogP contribution >= 0.6 is 23.2 Å². The van der Waals surface area contributed by atoms with Crippen LogP contribution in [0.3, 0.4) is 0 Å². The number of rotatable bonds is 5.